The maximum Gasteiger partial charge on any atom is 0.328 e. The van der Waals surface area contributed by atoms with E-state index in [1.807, 2.05) is 11.3 Å². The van der Waals surface area contributed by atoms with Gasteiger partial charge in [0.05, 0.1) is 0 Å². The Morgan fingerprint density at radius 1 is 1.19 bits per heavy atom. The van der Waals surface area contributed by atoms with Gasteiger partial charge in [-0.25, -0.2) is 9.59 Å². The Bertz CT molecular complexity index is 849. The minimum absolute atomic E-state index is 0.558. The fourth-order valence-corrected chi connectivity index (χ4v) is 4.97. The van der Waals surface area contributed by atoms with E-state index in [0.29, 0.717) is 18.2 Å². The summed E-state index contributed by atoms with van der Waals surface area (Å²) in [4.78, 5) is 23.3. The molecule has 0 radical (unpaired) electrons. The van der Waals surface area contributed by atoms with Crippen molar-refractivity contribution in [3.05, 3.63) is 53.4 Å². The van der Waals surface area contributed by atoms with Gasteiger partial charge in [0.25, 0.3) is 0 Å². The molecule has 3 heterocycles. The van der Waals surface area contributed by atoms with Gasteiger partial charge in [-0.1, -0.05) is 31.2 Å². The molecule has 1 aromatic carbocycles. The number of carboxylic acid groups (broad SMARTS) is 2. The lowest BCUT2D eigenvalue weighted by atomic mass is 9.99. The highest BCUT2D eigenvalue weighted by atomic mass is 32.1. The molecule has 27 heavy (non-hydrogen) atoms. The lowest BCUT2D eigenvalue weighted by Crippen LogP contribution is -2.37. The fourth-order valence-electron chi connectivity index (χ4n) is 3.88. The zero-order chi connectivity index (χ0) is 19.4. The Kier molecular flexibility index (Phi) is 6.08. The first-order valence-electron chi connectivity index (χ1n) is 9.07. The Morgan fingerprint density at radius 2 is 1.89 bits per heavy atom. The summed E-state index contributed by atoms with van der Waals surface area (Å²) in [5, 5.41) is 17.0. The molecule has 1 aromatic heterocycles. The standard InChI is InChI=1S/C17H19NS.C4H4O4/c1-2-18-14-7-8-15(18)10-13(9-14)17-11-12-5-3-4-6-16(12)19-17;5-3(6)1-2-4(7)8/h3-6,9,11,14-15H,2,7-8,10H2,1H3;1-2H,(H,5,6)(H,7,8)/b;2-1+. The smallest absolute Gasteiger partial charge is 0.328 e. The molecule has 2 atom stereocenters. The van der Waals surface area contributed by atoms with Gasteiger partial charge in [0.2, 0.25) is 0 Å². The van der Waals surface area contributed by atoms with Gasteiger partial charge in [-0.2, -0.15) is 0 Å². The second-order valence-corrected chi connectivity index (χ2v) is 7.77. The molecule has 2 N–H and O–H groups in total. The number of nitrogens with zero attached hydrogens (tertiary/aromatic N) is 1. The number of benzene rings is 1. The summed E-state index contributed by atoms with van der Waals surface area (Å²) in [6.07, 6.45) is 7.63. The summed E-state index contributed by atoms with van der Waals surface area (Å²) in [6, 6.07) is 12.6. The van der Waals surface area contributed by atoms with Crippen molar-refractivity contribution in [1.29, 1.82) is 0 Å². The zero-order valence-corrected chi connectivity index (χ0v) is 16.0. The molecule has 2 bridgehead atoms. The van der Waals surface area contributed by atoms with Crippen molar-refractivity contribution in [1.82, 2.24) is 4.90 Å². The summed E-state index contributed by atoms with van der Waals surface area (Å²) < 4.78 is 1.42. The zero-order valence-electron chi connectivity index (χ0n) is 15.2. The van der Waals surface area contributed by atoms with Crippen LogP contribution in [0.4, 0.5) is 0 Å². The largest absolute Gasteiger partial charge is 0.478 e. The SMILES string of the molecule is CCN1C2C=C(c3cc4ccccc4s3)CC1CC2.O=C(O)/C=C/C(=O)O. The molecule has 0 aliphatic carbocycles. The minimum atomic E-state index is -1.26. The van der Waals surface area contributed by atoms with Crippen molar-refractivity contribution >= 4 is 38.9 Å². The number of fused-ring (bicyclic) bond motifs is 3. The first-order valence-corrected chi connectivity index (χ1v) is 9.89. The molecular weight excluding hydrogens is 362 g/mol. The van der Waals surface area contributed by atoms with Crippen LogP contribution in [-0.2, 0) is 9.59 Å². The van der Waals surface area contributed by atoms with E-state index in [0.717, 1.165) is 6.04 Å². The average molecular weight is 385 g/mol. The molecule has 5 nitrogen and oxygen atoms in total. The first-order chi connectivity index (χ1) is 13.0. The Balaban J connectivity index is 0.000000226. The molecule has 2 aliphatic rings. The van der Waals surface area contributed by atoms with E-state index in [1.54, 1.807) is 5.57 Å². The Labute approximate surface area is 162 Å². The molecule has 6 heteroatoms. The van der Waals surface area contributed by atoms with Gasteiger partial charge < -0.3 is 10.2 Å². The summed E-state index contributed by atoms with van der Waals surface area (Å²) in [5.41, 5.74) is 1.60. The number of hydrogen-bond donors (Lipinski definition) is 2. The third-order valence-corrected chi connectivity index (χ3v) is 6.21. The lowest BCUT2D eigenvalue weighted by Gasteiger charge is -2.32. The maximum atomic E-state index is 9.55. The van der Waals surface area contributed by atoms with E-state index in [2.05, 4.69) is 48.2 Å². The fraction of sp³-hybridized carbons (Fsp3) is 0.333. The second-order valence-electron chi connectivity index (χ2n) is 6.68. The molecule has 0 amide bonds. The number of aliphatic carboxylic acids is 2. The van der Waals surface area contributed by atoms with E-state index in [-0.39, 0.29) is 0 Å². The van der Waals surface area contributed by atoms with Crippen LogP contribution in [0.15, 0.2) is 48.6 Å². The highest BCUT2D eigenvalue weighted by molar-refractivity contribution is 7.20. The summed E-state index contributed by atoms with van der Waals surface area (Å²) in [6.45, 7) is 3.50. The van der Waals surface area contributed by atoms with E-state index in [9.17, 15) is 9.59 Å². The average Bonchev–Trinajstić information content (AvgIpc) is 3.18. The van der Waals surface area contributed by atoms with Gasteiger partial charge in [0.15, 0.2) is 0 Å². The summed E-state index contributed by atoms with van der Waals surface area (Å²) in [7, 11) is 0. The molecule has 2 aromatic rings. The maximum absolute atomic E-state index is 9.55. The van der Waals surface area contributed by atoms with Gasteiger partial charge >= 0.3 is 11.9 Å². The third-order valence-electron chi connectivity index (χ3n) is 5.02. The van der Waals surface area contributed by atoms with Crippen LogP contribution >= 0.6 is 11.3 Å². The van der Waals surface area contributed by atoms with Crippen LogP contribution in [0.25, 0.3) is 15.7 Å². The number of hydrogen-bond acceptors (Lipinski definition) is 4. The van der Waals surface area contributed by atoms with Crippen LogP contribution in [0.1, 0.15) is 31.1 Å². The normalized spacial score (nSPS) is 21.7. The van der Waals surface area contributed by atoms with Crippen molar-refractivity contribution in [3.63, 3.8) is 0 Å². The van der Waals surface area contributed by atoms with Crippen LogP contribution in [0, 0.1) is 0 Å². The van der Waals surface area contributed by atoms with Crippen molar-refractivity contribution in [2.75, 3.05) is 6.54 Å². The van der Waals surface area contributed by atoms with Crippen molar-refractivity contribution in [2.24, 2.45) is 0 Å². The molecule has 1 fully saturated rings. The molecule has 0 spiro atoms. The minimum Gasteiger partial charge on any atom is -0.478 e. The molecular formula is C21H23NO4S. The van der Waals surface area contributed by atoms with E-state index < -0.39 is 11.9 Å². The topological polar surface area (TPSA) is 77.8 Å². The predicted octanol–water partition coefficient (Wildman–Crippen LogP) is 4.25. The van der Waals surface area contributed by atoms with Crippen molar-refractivity contribution in [3.8, 4) is 0 Å². The third kappa shape index (κ3) is 4.64. The molecule has 1 saturated heterocycles. The number of rotatable bonds is 4. The van der Waals surface area contributed by atoms with Gasteiger partial charge in [-0.3, -0.25) is 4.90 Å². The number of carboxylic acids is 2. The van der Waals surface area contributed by atoms with E-state index in [1.165, 1.54) is 40.8 Å². The number of thiophene rings is 1. The van der Waals surface area contributed by atoms with Crippen molar-refractivity contribution < 1.29 is 19.8 Å². The Morgan fingerprint density at radius 3 is 2.48 bits per heavy atom. The van der Waals surface area contributed by atoms with Gasteiger partial charge in [0, 0.05) is 33.8 Å². The Hall–Kier alpha value is -2.44. The molecule has 2 aliphatic heterocycles. The quantitative estimate of drug-likeness (QED) is 0.769. The van der Waals surface area contributed by atoms with Crippen LogP contribution in [0.2, 0.25) is 0 Å². The molecule has 4 rings (SSSR count). The monoisotopic (exact) mass is 385 g/mol. The highest BCUT2D eigenvalue weighted by Gasteiger charge is 2.35. The van der Waals surface area contributed by atoms with Gasteiger partial charge in [0.1, 0.15) is 0 Å². The molecule has 2 unspecified atom stereocenters. The van der Waals surface area contributed by atoms with E-state index >= 15 is 0 Å². The molecule has 0 saturated carbocycles. The number of carbonyl (C=O) groups is 2. The van der Waals surface area contributed by atoms with Gasteiger partial charge in [-0.05, 0) is 48.9 Å². The van der Waals surface area contributed by atoms with Crippen molar-refractivity contribution in [2.45, 2.75) is 38.3 Å². The van der Waals surface area contributed by atoms with Crippen LogP contribution in [0.3, 0.4) is 0 Å². The van der Waals surface area contributed by atoms with Crippen LogP contribution < -0.4 is 0 Å². The summed E-state index contributed by atoms with van der Waals surface area (Å²) in [5.74, 6) is -2.51. The highest BCUT2D eigenvalue weighted by Crippen LogP contribution is 2.41. The molecule has 142 valence electrons. The lowest BCUT2D eigenvalue weighted by molar-refractivity contribution is -0.134. The summed E-state index contributed by atoms with van der Waals surface area (Å²) >= 11 is 1.96. The van der Waals surface area contributed by atoms with E-state index in [4.69, 9.17) is 10.2 Å². The first kappa shape index (κ1) is 19.3. The van der Waals surface area contributed by atoms with Crippen LogP contribution in [0.5, 0.6) is 0 Å². The predicted molar refractivity (Wildman–Crippen MR) is 108 cm³/mol. The number of likely N-dealkylation sites (N-methyl/N-ethyl adjacent to an activating group) is 1. The van der Waals surface area contributed by atoms with Gasteiger partial charge in [-0.15, -0.1) is 11.3 Å². The second kappa shape index (κ2) is 8.50. The van der Waals surface area contributed by atoms with Crippen LogP contribution in [-0.4, -0.2) is 45.7 Å².